The molecule has 2 amide bonds. The molecule has 3 aromatic carbocycles. The topological polar surface area (TPSA) is 106 Å². The first-order valence-corrected chi connectivity index (χ1v) is 17.3. The Balaban J connectivity index is 1.32. The summed E-state index contributed by atoms with van der Waals surface area (Å²) >= 11 is 2.89. The molecule has 2 heterocycles. The van der Waals surface area contributed by atoms with Crippen LogP contribution in [-0.2, 0) is 41.9 Å². The smallest absolute Gasteiger partial charge is 0.407 e. The van der Waals surface area contributed by atoms with Crippen molar-refractivity contribution in [3.63, 3.8) is 0 Å². The predicted molar refractivity (Wildman–Crippen MR) is 185 cm³/mol. The molecular weight excluding hydrogens is 631 g/mol. The first-order chi connectivity index (χ1) is 23.1. The van der Waals surface area contributed by atoms with E-state index < -0.39 is 12.2 Å². The Kier molecular flexibility index (Phi) is 13.3. The monoisotopic (exact) mass is 669 g/mol. The van der Waals surface area contributed by atoms with Crippen LogP contribution in [0.1, 0.15) is 26.4 Å². The first-order valence-electron chi connectivity index (χ1n) is 15.5. The van der Waals surface area contributed by atoms with E-state index in [4.69, 9.17) is 9.47 Å². The van der Waals surface area contributed by atoms with Crippen LogP contribution in [0.15, 0.2) is 114 Å². The third kappa shape index (κ3) is 12.3. The SMILES string of the molecule is O=C(N[C@@H](Cc1ccccc1)CN(CCc1ccccc1)C[C@H](Cc1ccccc1)NC(=O)OCc1cncs1)OCc1cncs1. The molecule has 0 saturated carbocycles. The van der Waals surface area contributed by atoms with Crippen LogP contribution in [0.5, 0.6) is 0 Å². The number of hydrogen-bond donors (Lipinski definition) is 2. The summed E-state index contributed by atoms with van der Waals surface area (Å²) < 4.78 is 11.1. The number of thiazole rings is 2. The fourth-order valence-electron chi connectivity index (χ4n) is 5.25. The predicted octanol–water partition coefficient (Wildman–Crippen LogP) is 6.52. The number of carbonyl (C=O) groups is 2. The zero-order valence-corrected chi connectivity index (χ0v) is 27.7. The third-order valence-corrected chi connectivity index (χ3v) is 8.97. The van der Waals surface area contributed by atoms with Crippen LogP contribution in [-0.4, -0.2) is 58.8 Å². The van der Waals surface area contributed by atoms with E-state index in [0.717, 1.165) is 33.8 Å². The second-order valence-corrected chi connectivity index (χ2v) is 13.1. The number of aromatic nitrogens is 2. The Morgan fingerprint density at radius 2 is 1.06 bits per heavy atom. The number of alkyl carbamates (subject to hydrolysis) is 2. The van der Waals surface area contributed by atoms with Gasteiger partial charge in [-0.05, 0) is 36.0 Å². The number of carbonyl (C=O) groups excluding carboxylic acids is 2. The van der Waals surface area contributed by atoms with E-state index in [2.05, 4.69) is 61.9 Å². The molecule has 0 fully saturated rings. The van der Waals surface area contributed by atoms with Gasteiger partial charge < -0.3 is 20.1 Å². The van der Waals surface area contributed by atoms with Gasteiger partial charge in [-0.25, -0.2) is 9.59 Å². The molecule has 11 heteroatoms. The van der Waals surface area contributed by atoms with E-state index >= 15 is 0 Å². The number of amides is 2. The normalized spacial score (nSPS) is 12.3. The molecule has 0 aliphatic heterocycles. The highest BCUT2D eigenvalue weighted by Gasteiger charge is 2.23. The highest BCUT2D eigenvalue weighted by atomic mass is 32.1. The van der Waals surface area contributed by atoms with Gasteiger partial charge in [0.25, 0.3) is 0 Å². The van der Waals surface area contributed by atoms with Crippen molar-refractivity contribution in [2.45, 2.75) is 44.6 Å². The summed E-state index contributed by atoms with van der Waals surface area (Å²) in [6.45, 7) is 2.13. The number of nitrogens with zero attached hydrogens (tertiary/aromatic N) is 3. The fourth-order valence-corrected chi connectivity index (χ4v) is 6.26. The molecule has 5 aromatic rings. The molecule has 2 atom stereocenters. The largest absolute Gasteiger partial charge is 0.444 e. The van der Waals surface area contributed by atoms with Crippen molar-refractivity contribution in [1.82, 2.24) is 25.5 Å². The summed E-state index contributed by atoms with van der Waals surface area (Å²) in [5.41, 5.74) is 6.86. The Morgan fingerprint density at radius 1 is 0.638 bits per heavy atom. The molecule has 2 N–H and O–H groups in total. The molecule has 0 aliphatic rings. The van der Waals surface area contributed by atoms with Crippen LogP contribution in [0.25, 0.3) is 0 Å². The van der Waals surface area contributed by atoms with Gasteiger partial charge in [-0.2, -0.15) is 0 Å². The van der Waals surface area contributed by atoms with Gasteiger partial charge in [0.2, 0.25) is 0 Å². The highest BCUT2D eigenvalue weighted by molar-refractivity contribution is 7.09. The molecule has 0 spiro atoms. The lowest BCUT2D eigenvalue weighted by atomic mass is 10.0. The minimum Gasteiger partial charge on any atom is -0.444 e. The van der Waals surface area contributed by atoms with Gasteiger partial charge in [0.15, 0.2) is 0 Å². The van der Waals surface area contributed by atoms with Gasteiger partial charge in [-0.15, -0.1) is 22.7 Å². The lowest BCUT2D eigenvalue weighted by Crippen LogP contribution is -2.51. The van der Waals surface area contributed by atoms with Crippen molar-refractivity contribution in [2.24, 2.45) is 0 Å². The van der Waals surface area contributed by atoms with Crippen molar-refractivity contribution in [2.75, 3.05) is 19.6 Å². The summed E-state index contributed by atoms with van der Waals surface area (Å²) in [6.07, 6.45) is 4.49. The standard InChI is InChI=1S/C36H39N5O4S2/c42-35(44-24-33-20-37-26-46-33)39-31(18-29-12-6-2-7-13-29)22-41(17-16-28-10-4-1-5-11-28)23-32(19-30-14-8-3-9-15-30)40-36(43)45-25-34-21-38-27-47-34/h1-15,20-21,26-27,31-32H,16-19,22-25H2,(H,39,42)(H,40,43)/t31-,32-/m0/s1. The molecular formula is C36H39N5O4S2. The van der Waals surface area contributed by atoms with Crippen molar-refractivity contribution in [1.29, 1.82) is 0 Å². The third-order valence-electron chi connectivity index (χ3n) is 7.47. The van der Waals surface area contributed by atoms with Crippen molar-refractivity contribution >= 4 is 34.9 Å². The summed E-state index contributed by atoms with van der Waals surface area (Å²) in [7, 11) is 0. The summed E-state index contributed by atoms with van der Waals surface area (Å²) in [5, 5.41) is 6.24. The summed E-state index contributed by atoms with van der Waals surface area (Å²) in [6, 6.07) is 30.0. The van der Waals surface area contributed by atoms with E-state index in [0.29, 0.717) is 25.9 Å². The number of rotatable bonds is 17. The van der Waals surface area contributed by atoms with E-state index in [1.54, 1.807) is 23.4 Å². The molecule has 9 nitrogen and oxygen atoms in total. The molecule has 5 rings (SSSR count). The van der Waals surface area contributed by atoms with Crippen molar-refractivity contribution in [3.8, 4) is 0 Å². The highest BCUT2D eigenvalue weighted by Crippen LogP contribution is 2.13. The second-order valence-electron chi connectivity index (χ2n) is 11.1. The van der Waals surface area contributed by atoms with Gasteiger partial charge in [0.05, 0.1) is 20.8 Å². The number of ether oxygens (including phenoxy) is 2. The number of benzene rings is 3. The van der Waals surface area contributed by atoms with Crippen LogP contribution in [0, 0.1) is 0 Å². The first kappa shape index (κ1) is 33.8. The van der Waals surface area contributed by atoms with E-state index in [-0.39, 0.29) is 25.3 Å². The molecule has 47 heavy (non-hydrogen) atoms. The van der Waals surface area contributed by atoms with Gasteiger partial charge in [0.1, 0.15) is 13.2 Å². The quantitative estimate of drug-likeness (QED) is 0.116. The summed E-state index contributed by atoms with van der Waals surface area (Å²) in [5.74, 6) is 0. The number of nitrogens with one attached hydrogen (secondary N) is 2. The summed E-state index contributed by atoms with van der Waals surface area (Å²) in [4.78, 5) is 38.3. The molecule has 244 valence electrons. The molecule has 0 saturated heterocycles. The zero-order valence-electron chi connectivity index (χ0n) is 26.1. The Labute approximate surface area is 283 Å². The minimum atomic E-state index is -0.479. The van der Waals surface area contributed by atoms with Crippen LogP contribution in [0.2, 0.25) is 0 Å². The average molecular weight is 670 g/mol. The molecule has 2 aromatic heterocycles. The van der Waals surface area contributed by atoms with E-state index in [9.17, 15) is 9.59 Å². The zero-order chi connectivity index (χ0) is 32.5. The molecule has 0 unspecified atom stereocenters. The van der Waals surface area contributed by atoms with Crippen molar-refractivity contribution < 1.29 is 19.1 Å². The molecule has 0 aliphatic carbocycles. The maximum Gasteiger partial charge on any atom is 0.407 e. The van der Waals surface area contributed by atoms with Crippen molar-refractivity contribution in [3.05, 3.63) is 141 Å². The average Bonchev–Trinajstić information content (AvgIpc) is 3.82. The van der Waals surface area contributed by atoms with Gasteiger partial charge >= 0.3 is 12.2 Å². The Morgan fingerprint density at radius 3 is 1.47 bits per heavy atom. The van der Waals surface area contributed by atoms with Crippen LogP contribution < -0.4 is 10.6 Å². The maximum absolute atomic E-state index is 13.0. The molecule has 0 radical (unpaired) electrons. The Bertz CT molecular complexity index is 1490. The van der Waals surface area contributed by atoms with Crippen LogP contribution >= 0.6 is 22.7 Å². The van der Waals surface area contributed by atoms with Crippen LogP contribution in [0.4, 0.5) is 9.59 Å². The Hall–Kier alpha value is -4.58. The van der Waals surface area contributed by atoms with Gasteiger partial charge in [0, 0.05) is 44.1 Å². The van der Waals surface area contributed by atoms with Gasteiger partial charge in [-0.1, -0.05) is 91.0 Å². The second kappa shape index (κ2) is 18.5. The lowest BCUT2D eigenvalue weighted by molar-refractivity contribution is 0.127. The van der Waals surface area contributed by atoms with E-state index in [1.807, 2.05) is 54.6 Å². The minimum absolute atomic E-state index is 0.166. The number of hydrogen-bond acceptors (Lipinski definition) is 9. The molecule has 0 bridgehead atoms. The lowest BCUT2D eigenvalue weighted by Gasteiger charge is -2.31. The fraction of sp³-hybridized carbons (Fsp3) is 0.278. The van der Waals surface area contributed by atoms with Crippen LogP contribution in [0.3, 0.4) is 0 Å². The van der Waals surface area contributed by atoms with Gasteiger partial charge in [-0.3, -0.25) is 14.9 Å². The maximum atomic E-state index is 13.0. The van der Waals surface area contributed by atoms with E-state index in [1.165, 1.54) is 28.2 Å².